The second-order valence-electron chi connectivity index (χ2n) is 5.17. The summed E-state index contributed by atoms with van der Waals surface area (Å²) in [6, 6.07) is 5.58. The smallest absolute Gasteiger partial charge is 0.382 e. The Morgan fingerprint density at radius 1 is 1.05 bits per heavy atom. The molecule has 1 aromatic carbocycles. The molecule has 106 valence electrons. The Kier molecular flexibility index (Phi) is 4.34. The highest BCUT2D eigenvalue weighted by molar-refractivity contribution is 5.46. The highest BCUT2D eigenvalue weighted by atomic mass is 19.4. The molecule has 1 aliphatic rings. The van der Waals surface area contributed by atoms with Gasteiger partial charge in [-0.15, -0.1) is 0 Å². The van der Waals surface area contributed by atoms with Crippen molar-refractivity contribution >= 4 is 5.69 Å². The Bertz CT molecular complexity index is 392. The molecule has 0 saturated heterocycles. The molecule has 1 aromatic rings. The van der Waals surface area contributed by atoms with Crippen LogP contribution in [0.4, 0.5) is 18.9 Å². The summed E-state index contributed by atoms with van der Waals surface area (Å²) in [6.07, 6.45) is -0.0207. The van der Waals surface area contributed by atoms with Crippen molar-refractivity contribution in [3.63, 3.8) is 0 Å². The molecular formula is C14H19F3N2. The van der Waals surface area contributed by atoms with Gasteiger partial charge >= 0.3 is 6.18 Å². The zero-order chi connectivity index (χ0) is 13.9. The Morgan fingerprint density at radius 2 is 1.63 bits per heavy atom. The van der Waals surface area contributed by atoms with E-state index in [9.17, 15) is 13.2 Å². The largest absolute Gasteiger partial charge is 0.416 e. The molecule has 1 aliphatic carbocycles. The lowest BCUT2D eigenvalue weighted by atomic mass is 9.86. The molecule has 2 rings (SSSR count). The first-order chi connectivity index (χ1) is 8.99. The molecule has 5 heteroatoms. The van der Waals surface area contributed by atoms with Gasteiger partial charge in [0.05, 0.1) is 5.56 Å². The van der Waals surface area contributed by atoms with Crippen molar-refractivity contribution in [2.45, 2.75) is 37.9 Å². The maximum Gasteiger partial charge on any atom is 0.416 e. The molecular weight excluding hydrogens is 253 g/mol. The third kappa shape index (κ3) is 3.86. The average Bonchev–Trinajstić information content (AvgIpc) is 2.39. The summed E-state index contributed by atoms with van der Waals surface area (Å²) in [5.74, 6) is 0.602. The summed E-state index contributed by atoms with van der Waals surface area (Å²) in [6.45, 7) is 0.729. The fraction of sp³-hybridized carbons (Fsp3) is 0.571. The maximum atomic E-state index is 12.4. The summed E-state index contributed by atoms with van der Waals surface area (Å²) < 4.78 is 37.3. The first-order valence-corrected chi connectivity index (χ1v) is 6.63. The summed E-state index contributed by atoms with van der Waals surface area (Å²) in [5, 5.41) is 3.30. The predicted octanol–water partition coefficient (Wildman–Crippen LogP) is 3.63. The van der Waals surface area contributed by atoms with Crippen LogP contribution in [-0.4, -0.2) is 12.6 Å². The Balaban J connectivity index is 1.90. The van der Waals surface area contributed by atoms with Gasteiger partial charge in [-0.25, -0.2) is 0 Å². The van der Waals surface area contributed by atoms with Gasteiger partial charge in [-0.3, -0.25) is 0 Å². The average molecular weight is 272 g/mol. The van der Waals surface area contributed by atoms with Crippen molar-refractivity contribution in [2.24, 2.45) is 11.7 Å². The lowest BCUT2D eigenvalue weighted by Crippen LogP contribution is -2.29. The summed E-state index contributed by atoms with van der Waals surface area (Å²) in [5.41, 5.74) is 5.78. The van der Waals surface area contributed by atoms with E-state index in [1.165, 1.54) is 12.1 Å². The zero-order valence-corrected chi connectivity index (χ0v) is 10.7. The quantitative estimate of drug-likeness (QED) is 0.881. The van der Waals surface area contributed by atoms with E-state index in [2.05, 4.69) is 5.32 Å². The molecule has 2 nitrogen and oxygen atoms in total. The number of nitrogens with one attached hydrogen (secondary N) is 1. The molecule has 0 spiro atoms. The molecule has 19 heavy (non-hydrogen) atoms. The van der Waals surface area contributed by atoms with Crippen LogP contribution in [0.2, 0.25) is 0 Å². The van der Waals surface area contributed by atoms with Gasteiger partial charge < -0.3 is 11.1 Å². The highest BCUT2D eigenvalue weighted by Crippen LogP contribution is 2.31. The number of hydrogen-bond donors (Lipinski definition) is 2. The van der Waals surface area contributed by atoms with Crippen molar-refractivity contribution in [3.8, 4) is 0 Å². The number of rotatable bonds is 3. The first kappa shape index (κ1) is 14.2. The molecule has 0 heterocycles. The number of hydrogen-bond acceptors (Lipinski definition) is 2. The third-order valence-corrected chi connectivity index (χ3v) is 3.76. The van der Waals surface area contributed by atoms with Crippen molar-refractivity contribution in [1.29, 1.82) is 0 Å². The number of halogens is 3. The second-order valence-corrected chi connectivity index (χ2v) is 5.17. The van der Waals surface area contributed by atoms with Crippen LogP contribution < -0.4 is 11.1 Å². The lowest BCUT2D eigenvalue weighted by molar-refractivity contribution is -0.137. The van der Waals surface area contributed by atoms with Crippen molar-refractivity contribution in [3.05, 3.63) is 29.8 Å². The monoisotopic (exact) mass is 272 g/mol. The molecule has 0 bridgehead atoms. The van der Waals surface area contributed by atoms with Gasteiger partial charge in [0.2, 0.25) is 0 Å². The minimum atomic E-state index is -4.27. The SMILES string of the molecule is NCC1CCC(Nc2ccc(C(F)(F)F)cc2)CC1. The van der Waals surface area contributed by atoms with Crippen molar-refractivity contribution < 1.29 is 13.2 Å². The highest BCUT2D eigenvalue weighted by Gasteiger charge is 2.30. The molecule has 1 fully saturated rings. The Morgan fingerprint density at radius 3 is 2.11 bits per heavy atom. The van der Waals surface area contributed by atoms with Crippen LogP contribution in [0.1, 0.15) is 31.2 Å². The number of anilines is 1. The minimum Gasteiger partial charge on any atom is -0.382 e. The normalized spacial score (nSPS) is 24.2. The molecule has 0 atom stereocenters. The van der Waals surface area contributed by atoms with E-state index < -0.39 is 11.7 Å². The van der Waals surface area contributed by atoms with Gasteiger partial charge in [0, 0.05) is 11.7 Å². The van der Waals surface area contributed by atoms with E-state index in [1.54, 1.807) is 0 Å². The number of nitrogens with two attached hydrogens (primary N) is 1. The summed E-state index contributed by atoms with van der Waals surface area (Å²) in [4.78, 5) is 0. The van der Waals surface area contributed by atoms with Gasteiger partial charge in [0.15, 0.2) is 0 Å². The van der Waals surface area contributed by atoms with Crippen LogP contribution >= 0.6 is 0 Å². The van der Waals surface area contributed by atoms with Crippen LogP contribution in [-0.2, 0) is 6.18 Å². The molecule has 0 unspecified atom stereocenters. The minimum absolute atomic E-state index is 0.347. The van der Waals surface area contributed by atoms with Gasteiger partial charge in [-0.1, -0.05) is 0 Å². The molecule has 0 radical (unpaired) electrons. The number of benzene rings is 1. The van der Waals surface area contributed by atoms with E-state index in [1.807, 2.05) is 0 Å². The Hall–Kier alpha value is -1.23. The predicted molar refractivity (Wildman–Crippen MR) is 69.9 cm³/mol. The van der Waals surface area contributed by atoms with E-state index >= 15 is 0 Å². The standard InChI is InChI=1S/C14H19F3N2/c15-14(16,17)11-3-7-13(8-4-11)19-12-5-1-10(9-18)2-6-12/h3-4,7-8,10,12,19H,1-2,5-6,9,18H2. The first-order valence-electron chi connectivity index (χ1n) is 6.63. The van der Waals surface area contributed by atoms with Gasteiger partial charge in [-0.05, 0) is 62.4 Å². The maximum absolute atomic E-state index is 12.4. The van der Waals surface area contributed by atoms with E-state index in [0.29, 0.717) is 12.0 Å². The fourth-order valence-electron chi connectivity index (χ4n) is 2.53. The van der Waals surface area contributed by atoms with Crippen molar-refractivity contribution in [1.82, 2.24) is 0 Å². The van der Waals surface area contributed by atoms with E-state index in [-0.39, 0.29) is 0 Å². The molecule has 1 saturated carbocycles. The molecule has 0 aromatic heterocycles. The lowest BCUT2D eigenvalue weighted by Gasteiger charge is -2.29. The summed E-state index contributed by atoms with van der Waals surface area (Å²) in [7, 11) is 0. The second kappa shape index (κ2) is 5.82. The third-order valence-electron chi connectivity index (χ3n) is 3.76. The van der Waals surface area contributed by atoms with Crippen LogP contribution in [0.25, 0.3) is 0 Å². The van der Waals surface area contributed by atoms with E-state index in [4.69, 9.17) is 5.73 Å². The van der Waals surface area contributed by atoms with Crippen LogP contribution in [0.5, 0.6) is 0 Å². The van der Waals surface area contributed by atoms with Crippen LogP contribution in [0.3, 0.4) is 0 Å². The van der Waals surface area contributed by atoms with E-state index in [0.717, 1.165) is 50.0 Å². The van der Waals surface area contributed by atoms with Crippen LogP contribution in [0.15, 0.2) is 24.3 Å². The topological polar surface area (TPSA) is 38.0 Å². The summed E-state index contributed by atoms with van der Waals surface area (Å²) >= 11 is 0. The zero-order valence-electron chi connectivity index (χ0n) is 10.7. The molecule has 0 amide bonds. The number of alkyl halides is 3. The fourth-order valence-corrected chi connectivity index (χ4v) is 2.53. The Labute approximate surface area is 111 Å². The van der Waals surface area contributed by atoms with Gasteiger partial charge in [0.25, 0.3) is 0 Å². The molecule has 3 N–H and O–H groups in total. The van der Waals surface area contributed by atoms with Gasteiger partial charge in [-0.2, -0.15) is 13.2 Å². The van der Waals surface area contributed by atoms with Crippen LogP contribution in [0, 0.1) is 5.92 Å². The van der Waals surface area contributed by atoms with Gasteiger partial charge in [0.1, 0.15) is 0 Å². The molecule has 0 aliphatic heterocycles. The van der Waals surface area contributed by atoms with Crippen molar-refractivity contribution in [2.75, 3.05) is 11.9 Å².